The monoisotopic (exact) mass is 172 g/mol. The predicted molar refractivity (Wildman–Crippen MR) is 46.1 cm³/mol. The molecule has 1 N–H and O–H groups in total. The van der Waals surface area contributed by atoms with Crippen molar-refractivity contribution in [2.75, 3.05) is 27.2 Å². The van der Waals surface area contributed by atoms with Crippen LogP contribution in [-0.4, -0.2) is 44.3 Å². The summed E-state index contributed by atoms with van der Waals surface area (Å²) in [4.78, 5) is 12.5. The maximum atomic E-state index is 11.1. The Morgan fingerprint density at radius 3 is 2.83 bits per heavy atom. The molecule has 0 aromatic carbocycles. The van der Waals surface area contributed by atoms with Gasteiger partial charge in [-0.2, -0.15) is 0 Å². The van der Waals surface area contributed by atoms with Crippen LogP contribution >= 0.6 is 0 Å². The number of hydrogen-bond donors (Lipinski definition) is 1. The van der Waals surface area contributed by atoms with Crippen molar-refractivity contribution < 1.29 is 9.53 Å². The lowest BCUT2D eigenvalue weighted by atomic mass is 10.1. The minimum atomic E-state index is -0.247. The summed E-state index contributed by atoms with van der Waals surface area (Å²) in [5, 5.41) is 3.18. The van der Waals surface area contributed by atoms with E-state index in [1.807, 2.05) is 0 Å². The second kappa shape index (κ2) is 4.30. The normalized spacial score (nSPS) is 23.3. The maximum absolute atomic E-state index is 11.1. The number of carbonyl (C=O) groups excluding carboxylic acids is 1. The Labute approximate surface area is 72.9 Å². The largest absolute Gasteiger partial charge is 0.445 e. The molecule has 0 aromatic rings. The highest BCUT2D eigenvalue weighted by Gasteiger charge is 2.17. The molecule has 0 spiro atoms. The van der Waals surface area contributed by atoms with Gasteiger partial charge >= 0.3 is 6.09 Å². The van der Waals surface area contributed by atoms with Crippen LogP contribution in [0.25, 0.3) is 0 Å². The molecule has 0 radical (unpaired) electrons. The fourth-order valence-corrected chi connectivity index (χ4v) is 1.17. The fraction of sp³-hybridized carbons (Fsp3) is 0.875. The fourth-order valence-electron chi connectivity index (χ4n) is 1.17. The molecular formula is C8H16N2O2. The highest BCUT2D eigenvalue weighted by Crippen LogP contribution is 2.06. The van der Waals surface area contributed by atoms with Crippen molar-refractivity contribution in [1.82, 2.24) is 10.2 Å². The molecule has 1 saturated heterocycles. The number of nitrogens with zero attached hydrogens (tertiary/aromatic N) is 1. The quantitative estimate of drug-likeness (QED) is 0.624. The van der Waals surface area contributed by atoms with Crippen molar-refractivity contribution in [1.29, 1.82) is 0 Å². The summed E-state index contributed by atoms with van der Waals surface area (Å²) in [6.45, 7) is 1.83. The lowest BCUT2D eigenvalue weighted by molar-refractivity contribution is 0.0622. The average molecular weight is 172 g/mol. The highest BCUT2D eigenvalue weighted by atomic mass is 16.6. The van der Waals surface area contributed by atoms with Crippen LogP contribution in [0.1, 0.15) is 12.8 Å². The van der Waals surface area contributed by atoms with E-state index in [0.29, 0.717) is 0 Å². The van der Waals surface area contributed by atoms with Crippen molar-refractivity contribution in [2.24, 2.45) is 0 Å². The molecule has 1 aliphatic heterocycles. The molecule has 0 bridgehead atoms. The second-order valence-electron chi connectivity index (χ2n) is 3.25. The van der Waals surface area contributed by atoms with E-state index in [1.54, 1.807) is 14.1 Å². The van der Waals surface area contributed by atoms with Gasteiger partial charge in [0.25, 0.3) is 0 Å². The van der Waals surface area contributed by atoms with Gasteiger partial charge in [0.1, 0.15) is 6.10 Å². The summed E-state index contributed by atoms with van der Waals surface area (Å²) in [7, 11) is 3.39. The second-order valence-corrected chi connectivity index (χ2v) is 3.25. The first kappa shape index (κ1) is 9.32. The van der Waals surface area contributed by atoms with E-state index in [9.17, 15) is 4.79 Å². The third-order valence-corrected chi connectivity index (χ3v) is 1.88. The zero-order chi connectivity index (χ0) is 8.97. The first-order chi connectivity index (χ1) is 5.70. The molecule has 1 atom stereocenters. The lowest BCUT2D eigenvalue weighted by Crippen LogP contribution is -2.38. The summed E-state index contributed by atoms with van der Waals surface area (Å²) >= 11 is 0. The van der Waals surface area contributed by atoms with Gasteiger partial charge < -0.3 is 15.0 Å². The van der Waals surface area contributed by atoms with Gasteiger partial charge in [-0.25, -0.2) is 4.79 Å². The molecule has 0 saturated carbocycles. The standard InChI is InChI=1S/C8H16N2O2/c1-10(2)8(11)12-7-4-3-5-9-6-7/h7,9H,3-6H2,1-2H3. The molecule has 0 aromatic heterocycles. The molecule has 4 heteroatoms. The van der Waals surface area contributed by atoms with Gasteiger partial charge in [-0.05, 0) is 19.4 Å². The molecule has 1 aliphatic rings. The number of carbonyl (C=O) groups is 1. The van der Waals surface area contributed by atoms with E-state index in [0.717, 1.165) is 25.9 Å². The van der Waals surface area contributed by atoms with E-state index >= 15 is 0 Å². The summed E-state index contributed by atoms with van der Waals surface area (Å²) in [5.74, 6) is 0. The van der Waals surface area contributed by atoms with Gasteiger partial charge in [-0.15, -0.1) is 0 Å². The molecule has 1 heterocycles. The smallest absolute Gasteiger partial charge is 0.409 e. The Kier molecular flexibility index (Phi) is 3.34. The van der Waals surface area contributed by atoms with Gasteiger partial charge in [0.05, 0.1) is 0 Å². The van der Waals surface area contributed by atoms with E-state index < -0.39 is 0 Å². The molecule has 1 rings (SSSR count). The molecule has 12 heavy (non-hydrogen) atoms. The van der Waals surface area contributed by atoms with Gasteiger partial charge in [0, 0.05) is 20.6 Å². The number of piperidine rings is 1. The first-order valence-electron chi connectivity index (χ1n) is 4.29. The Balaban J connectivity index is 2.24. The van der Waals surface area contributed by atoms with Crippen LogP contribution in [0.15, 0.2) is 0 Å². The molecule has 70 valence electrons. The predicted octanol–water partition coefficient (Wildman–Crippen LogP) is 0.437. The minimum Gasteiger partial charge on any atom is -0.445 e. The van der Waals surface area contributed by atoms with E-state index in [-0.39, 0.29) is 12.2 Å². The van der Waals surface area contributed by atoms with Crippen LogP contribution in [0.2, 0.25) is 0 Å². The number of hydrogen-bond acceptors (Lipinski definition) is 3. The summed E-state index contributed by atoms with van der Waals surface area (Å²) < 4.78 is 5.18. The molecular weight excluding hydrogens is 156 g/mol. The molecule has 1 unspecified atom stereocenters. The van der Waals surface area contributed by atoms with Crippen molar-refractivity contribution in [3.05, 3.63) is 0 Å². The van der Waals surface area contributed by atoms with E-state index in [4.69, 9.17) is 4.74 Å². The third kappa shape index (κ3) is 2.70. The van der Waals surface area contributed by atoms with Gasteiger partial charge in [-0.3, -0.25) is 0 Å². The van der Waals surface area contributed by atoms with Crippen molar-refractivity contribution in [2.45, 2.75) is 18.9 Å². The number of ether oxygens (including phenoxy) is 1. The van der Waals surface area contributed by atoms with Crippen LogP contribution in [0, 0.1) is 0 Å². The summed E-state index contributed by atoms with van der Waals surface area (Å²) in [6.07, 6.45) is 1.88. The number of rotatable bonds is 1. The first-order valence-corrected chi connectivity index (χ1v) is 4.29. The van der Waals surface area contributed by atoms with Gasteiger partial charge in [0.15, 0.2) is 0 Å². The Bertz CT molecular complexity index is 153. The molecule has 0 aliphatic carbocycles. The van der Waals surface area contributed by atoms with Gasteiger partial charge in [-0.1, -0.05) is 0 Å². The maximum Gasteiger partial charge on any atom is 0.409 e. The van der Waals surface area contributed by atoms with Gasteiger partial charge in [0.2, 0.25) is 0 Å². The Hall–Kier alpha value is -0.770. The molecule has 1 amide bonds. The summed E-state index contributed by atoms with van der Waals surface area (Å²) in [6, 6.07) is 0. The zero-order valence-corrected chi connectivity index (χ0v) is 7.67. The van der Waals surface area contributed by atoms with Crippen LogP contribution in [0.5, 0.6) is 0 Å². The third-order valence-electron chi connectivity index (χ3n) is 1.88. The average Bonchev–Trinajstić information content (AvgIpc) is 2.06. The highest BCUT2D eigenvalue weighted by molar-refractivity contribution is 5.66. The van der Waals surface area contributed by atoms with Crippen molar-refractivity contribution in [3.63, 3.8) is 0 Å². The van der Waals surface area contributed by atoms with E-state index in [1.165, 1.54) is 4.90 Å². The van der Waals surface area contributed by atoms with E-state index in [2.05, 4.69) is 5.32 Å². The number of amides is 1. The SMILES string of the molecule is CN(C)C(=O)OC1CCCNC1. The number of nitrogens with one attached hydrogen (secondary N) is 1. The van der Waals surface area contributed by atoms with Crippen LogP contribution in [-0.2, 0) is 4.74 Å². The lowest BCUT2D eigenvalue weighted by Gasteiger charge is -2.24. The zero-order valence-electron chi connectivity index (χ0n) is 7.67. The Morgan fingerprint density at radius 2 is 2.33 bits per heavy atom. The van der Waals surface area contributed by atoms with Crippen LogP contribution in [0.3, 0.4) is 0 Å². The molecule has 1 fully saturated rings. The van der Waals surface area contributed by atoms with Crippen molar-refractivity contribution in [3.8, 4) is 0 Å². The van der Waals surface area contributed by atoms with Crippen molar-refractivity contribution >= 4 is 6.09 Å². The minimum absolute atomic E-state index is 0.0636. The van der Waals surface area contributed by atoms with Crippen LogP contribution in [0.4, 0.5) is 4.79 Å². The topological polar surface area (TPSA) is 41.6 Å². The Morgan fingerprint density at radius 1 is 1.58 bits per heavy atom. The summed E-state index contributed by atoms with van der Waals surface area (Å²) in [5.41, 5.74) is 0. The molecule has 4 nitrogen and oxygen atoms in total. The van der Waals surface area contributed by atoms with Crippen LogP contribution < -0.4 is 5.32 Å².